The van der Waals surface area contributed by atoms with Crippen LogP contribution in [0.3, 0.4) is 0 Å². The van der Waals surface area contributed by atoms with Gasteiger partial charge in [0.2, 0.25) is 0 Å². The summed E-state index contributed by atoms with van der Waals surface area (Å²) in [5, 5.41) is 3.44. The molecule has 1 aliphatic heterocycles. The van der Waals surface area contributed by atoms with Crippen LogP contribution in [0.15, 0.2) is 24.3 Å². The Labute approximate surface area is 131 Å². The first-order valence-corrected chi connectivity index (χ1v) is 8.76. The summed E-state index contributed by atoms with van der Waals surface area (Å²) in [5.41, 5.74) is 1.25. The molecule has 1 atom stereocenters. The zero-order chi connectivity index (χ0) is 14.7. The van der Waals surface area contributed by atoms with Crippen molar-refractivity contribution >= 4 is 5.91 Å². The smallest absolute Gasteiger partial charge is 0.261 e. The summed E-state index contributed by atoms with van der Waals surface area (Å²) in [6.45, 7) is 0. The number of nitrogens with one attached hydrogen (secondary N) is 1. The molecule has 3 heteroatoms. The predicted molar refractivity (Wildman–Crippen MR) is 83.6 cm³/mol. The van der Waals surface area contributed by atoms with Crippen molar-refractivity contribution in [2.45, 2.75) is 56.6 Å². The van der Waals surface area contributed by atoms with Gasteiger partial charge in [0.25, 0.3) is 5.91 Å². The lowest BCUT2D eigenvalue weighted by Gasteiger charge is -2.57. The van der Waals surface area contributed by atoms with Crippen LogP contribution in [0, 0.1) is 17.8 Å². The summed E-state index contributed by atoms with van der Waals surface area (Å²) in [4.78, 5) is 12.8. The molecule has 0 unspecified atom stereocenters. The van der Waals surface area contributed by atoms with Crippen LogP contribution in [-0.4, -0.2) is 17.6 Å². The number of carbonyl (C=O) groups is 1. The van der Waals surface area contributed by atoms with Crippen LogP contribution in [0.4, 0.5) is 0 Å². The Morgan fingerprint density at radius 2 is 1.68 bits per heavy atom. The summed E-state index contributed by atoms with van der Waals surface area (Å²) < 4.78 is 5.87. The van der Waals surface area contributed by atoms with Gasteiger partial charge in [-0.1, -0.05) is 18.2 Å². The van der Waals surface area contributed by atoms with E-state index < -0.39 is 0 Å². The second-order valence-corrected chi connectivity index (χ2v) is 8.11. The predicted octanol–water partition coefficient (Wildman–Crippen LogP) is 3.08. The first-order valence-electron chi connectivity index (χ1n) is 8.76. The van der Waals surface area contributed by atoms with Gasteiger partial charge in [-0.2, -0.15) is 0 Å². The largest absolute Gasteiger partial charge is 0.480 e. The van der Waals surface area contributed by atoms with E-state index in [-0.39, 0.29) is 17.6 Å². The average Bonchev–Trinajstić information content (AvgIpc) is 2.89. The SMILES string of the molecule is O=C(NC12CC3CC(CC(C3)C1)C2)[C@H]1Cc2ccccc2O1. The molecule has 5 aliphatic rings. The van der Waals surface area contributed by atoms with Gasteiger partial charge in [0.05, 0.1) is 0 Å². The maximum Gasteiger partial charge on any atom is 0.261 e. The zero-order valence-electron chi connectivity index (χ0n) is 12.9. The minimum atomic E-state index is -0.328. The van der Waals surface area contributed by atoms with E-state index in [9.17, 15) is 4.79 Å². The number of amides is 1. The molecule has 1 heterocycles. The number of carbonyl (C=O) groups excluding carboxylic acids is 1. The van der Waals surface area contributed by atoms with Gasteiger partial charge in [0.1, 0.15) is 5.75 Å². The molecule has 4 bridgehead atoms. The van der Waals surface area contributed by atoms with E-state index in [1.807, 2.05) is 18.2 Å². The number of hydrogen-bond acceptors (Lipinski definition) is 2. The summed E-state index contributed by atoms with van der Waals surface area (Å²) >= 11 is 0. The fourth-order valence-electron chi connectivity index (χ4n) is 5.93. The van der Waals surface area contributed by atoms with E-state index in [0.717, 1.165) is 29.1 Å². The van der Waals surface area contributed by atoms with Gasteiger partial charge >= 0.3 is 0 Å². The van der Waals surface area contributed by atoms with Crippen molar-refractivity contribution in [2.75, 3.05) is 0 Å². The van der Waals surface area contributed by atoms with E-state index in [4.69, 9.17) is 4.74 Å². The van der Waals surface area contributed by atoms with Gasteiger partial charge in [0.15, 0.2) is 6.10 Å². The summed E-state index contributed by atoms with van der Waals surface area (Å²) in [7, 11) is 0. The van der Waals surface area contributed by atoms with Crippen molar-refractivity contribution in [3.8, 4) is 5.75 Å². The van der Waals surface area contributed by atoms with Gasteiger partial charge in [-0.3, -0.25) is 4.79 Å². The Balaban J connectivity index is 1.32. The minimum absolute atomic E-state index is 0.0873. The quantitative estimate of drug-likeness (QED) is 0.911. The second kappa shape index (κ2) is 4.50. The topological polar surface area (TPSA) is 38.3 Å². The van der Waals surface area contributed by atoms with E-state index in [1.54, 1.807) is 0 Å². The van der Waals surface area contributed by atoms with Gasteiger partial charge in [-0.15, -0.1) is 0 Å². The molecule has 116 valence electrons. The molecule has 1 aromatic rings. The van der Waals surface area contributed by atoms with Crippen molar-refractivity contribution in [3.63, 3.8) is 0 Å². The molecule has 1 amide bonds. The van der Waals surface area contributed by atoms with Gasteiger partial charge < -0.3 is 10.1 Å². The Morgan fingerprint density at radius 3 is 2.32 bits per heavy atom. The lowest BCUT2D eigenvalue weighted by molar-refractivity contribution is -0.133. The van der Waals surface area contributed by atoms with Gasteiger partial charge in [0, 0.05) is 12.0 Å². The third kappa shape index (κ3) is 1.98. The van der Waals surface area contributed by atoms with Crippen molar-refractivity contribution in [2.24, 2.45) is 17.8 Å². The molecule has 6 rings (SSSR count). The molecular weight excluding hydrogens is 274 g/mol. The fourth-order valence-corrected chi connectivity index (χ4v) is 5.93. The van der Waals surface area contributed by atoms with Crippen molar-refractivity contribution in [1.29, 1.82) is 0 Å². The summed E-state index contributed by atoms with van der Waals surface area (Å²) in [6.07, 6.45) is 8.19. The highest BCUT2D eigenvalue weighted by Crippen LogP contribution is 2.55. The molecule has 4 saturated carbocycles. The number of ether oxygens (including phenoxy) is 1. The highest BCUT2D eigenvalue weighted by molar-refractivity contribution is 5.83. The van der Waals surface area contributed by atoms with Crippen LogP contribution >= 0.6 is 0 Å². The number of rotatable bonds is 2. The molecule has 1 aromatic carbocycles. The molecule has 0 spiro atoms. The summed E-state index contributed by atoms with van der Waals surface area (Å²) in [6, 6.07) is 8.01. The number of hydrogen-bond donors (Lipinski definition) is 1. The monoisotopic (exact) mass is 297 g/mol. The van der Waals surface area contributed by atoms with Crippen LogP contribution in [0.5, 0.6) is 5.75 Å². The molecule has 4 fully saturated rings. The maximum absolute atomic E-state index is 12.8. The van der Waals surface area contributed by atoms with Crippen molar-refractivity contribution in [3.05, 3.63) is 29.8 Å². The van der Waals surface area contributed by atoms with Gasteiger partial charge in [-0.05, 0) is 67.9 Å². The maximum atomic E-state index is 12.8. The molecular formula is C19H23NO2. The number of benzene rings is 1. The van der Waals surface area contributed by atoms with Crippen LogP contribution in [0.1, 0.15) is 44.1 Å². The van der Waals surface area contributed by atoms with E-state index in [1.165, 1.54) is 38.5 Å². The lowest BCUT2D eigenvalue weighted by atomic mass is 9.53. The van der Waals surface area contributed by atoms with E-state index in [0.29, 0.717) is 6.42 Å². The van der Waals surface area contributed by atoms with E-state index in [2.05, 4.69) is 11.4 Å². The van der Waals surface area contributed by atoms with Crippen LogP contribution in [0.25, 0.3) is 0 Å². The highest BCUT2D eigenvalue weighted by Gasteiger charge is 2.52. The van der Waals surface area contributed by atoms with Crippen LogP contribution < -0.4 is 10.1 Å². The third-order valence-corrected chi connectivity index (χ3v) is 6.37. The number of para-hydroxylation sites is 1. The molecule has 4 aliphatic carbocycles. The first-order chi connectivity index (χ1) is 10.7. The molecule has 0 radical (unpaired) electrons. The molecule has 22 heavy (non-hydrogen) atoms. The van der Waals surface area contributed by atoms with Crippen LogP contribution in [-0.2, 0) is 11.2 Å². The Morgan fingerprint density at radius 1 is 1.05 bits per heavy atom. The van der Waals surface area contributed by atoms with Gasteiger partial charge in [-0.25, -0.2) is 0 Å². The average molecular weight is 297 g/mol. The highest BCUT2D eigenvalue weighted by atomic mass is 16.5. The fraction of sp³-hybridized carbons (Fsp3) is 0.632. The summed E-state index contributed by atoms with van der Waals surface area (Å²) in [5.74, 6) is 3.56. The Hall–Kier alpha value is -1.51. The second-order valence-electron chi connectivity index (χ2n) is 8.11. The Kier molecular flexibility index (Phi) is 2.65. The number of fused-ring (bicyclic) bond motifs is 1. The van der Waals surface area contributed by atoms with Crippen LogP contribution in [0.2, 0.25) is 0 Å². The molecule has 3 nitrogen and oxygen atoms in total. The lowest BCUT2D eigenvalue weighted by Crippen LogP contribution is -2.61. The first kappa shape index (κ1) is 13.0. The zero-order valence-corrected chi connectivity index (χ0v) is 12.9. The molecule has 0 saturated heterocycles. The van der Waals surface area contributed by atoms with Crippen molar-refractivity contribution < 1.29 is 9.53 Å². The Bertz CT molecular complexity index is 563. The minimum Gasteiger partial charge on any atom is -0.480 e. The standard InChI is InChI=1S/C19H23NO2/c21-18(17-8-15-3-1-2-4-16(15)22-17)20-19-9-12-5-13(10-19)7-14(6-12)11-19/h1-4,12-14,17H,5-11H2,(H,20,21)/t12?,13?,14?,17-,19?/m1/s1. The van der Waals surface area contributed by atoms with E-state index >= 15 is 0 Å². The normalized spacial score (nSPS) is 41.1. The third-order valence-electron chi connectivity index (χ3n) is 6.37. The molecule has 0 aromatic heterocycles. The molecule has 1 N–H and O–H groups in total. The van der Waals surface area contributed by atoms with Crippen molar-refractivity contribution in [1.82, 2.24) is 5.32 Å².